The SMILES string of the molecule is Cc1c(C(=O)N2C3COCC2c2nnc(-c4cc(OC(F)(F)F)ccn4)n2C3)cccc1C(F)(F)F. The molecule has 4 heterocycles. The van der Waals surface area contributed by atoms with Crippen molar-refractivity contribution in [3.8, 4) is 17.3 Å². The third-order valence-corrected chi connectivity index (χ3v) is 6.08. The van der Waals surface area contributed by atoms with Gasteiger partial charge in [0.05, 0.1) is 24.8 Å². The van der Waals surface area contributed by atoms with Gasteiger partial charge in [0.1, 0.15) is 17.5 Å². The molecule has 2 bridgehead atoms. The Morgan fingerprint density at radius 1 is 1.11 bits per heavy atom. The van der Waals surface area contributed by atoms with E-state index in [0.717, 1.165) is 24.4 Å². The molecule has 36 heavy (non-hydrogen) atoms. The van der Waals surface area contributed by atoms with Crippen molar-refractivity contribution in [2.75, 3.05) is 13.2 Å². The first kappa shape index (κ1) is 24.0. The second kappa shape index (κ2) is 8.47. The number of benzene rings is 1. The van der Waals surface area contributed by atoms with Crippen molar-refractivity contribution in [1.82, 2.24) is 24.6 Å². The molecule has 190 valence electrons. The second-order valence-electron chi connectivity index (χ2n) is 8.31. The zero-order chi connectivity index (χ0) is 25.8. The Labute approximate surface area is 199 Å². The number of aromatic nitrogens is 4. The molecule has 5 rings (SSSR count). The number of hydrogen-bond donors (Lipinski definition) is 0. The topological polar surface area (TPSA) is 82.4 Å². The van der Waals surface area contributed by atoms with Gasteiger partial charge in [-0.3, -0.25) is 9.78 Å². The number of amides is 1. The summed E-state index contributed by atoms with van der Waals surface area (Å²) in [5, 5.41) is 8.19. The van der Waals surface area contributed by atoms with Crippen LogP contribution in [0.4, 0.5) is 26.3 Å². The quantitative estimate of drug-likeness (QED) is 0.490. The Kier molecular flexibility index (Phi) is 5.65. The summed E-state index contributed by atoms with van der Waals surface area (Å²) in [6.45, 7) is 1.46. The Hall–Kier alpha value is -3.68. The minimum absolute atomic E-state index is 0.0169. The zero-order valence-corrected chi connectivity index (χ0v) is 18.5. The lowest BCUT2D eigenvalue weighted by atomic mass is 9.97. The summed E-state index contributed by atoms with van der Waals surface area (Å²) in [5.41, 5.74) is -1.10. The number of morpholine rings is 1. The first-order chi connectivity index (χ1) is 16.9. The summed E-state index contributed by atoms with van der Waals surface area (Å²) in [6.07, 6.45) is -8.37. The predicted octanol–water partition coefficient (Wildman–Crippen LogP) is 4.16. The van der Waals surface area contributed by atoms with Gasteiger partial charge in [0.25, 0.3) is 5.91 Å². The lowest BCUT2D eigenvalue weighted by Gasteiger charge is -2.45. The number of ether oxygens (including phenoxy) is 2. The molecule has 8 nitrogen and oxygen atoms in total. The van der Waals surface area contributed by atoms with E-state index in [0.29, 0.717) is 0 Å². The van der Waals surface area contributed by atoms with Crippen molar-refractivity contribution in [3.63, 3.8) is 0 Å². The van der Waals surface area contributed by atoms with Crippen molar-refractivity contribution in [3.05, 3.63) is 59.0 Å². The van der Waals surface area contributed by atoms with Crippen LogP contribution in [0.25, 0.3) is 11.5 Å². The zero-order valence-electron chi connectivity index (χ0n) is 18.5. The van der Waals surface area contributed by atoms with E-state index in [2.05, 4.69) is 19.9 Å². The Morgan fingerprint density at radius 3 is 2.61 bits per heavy atom. The van der Waals surface area contributed by atoms with Crippen LogP contribution in [0.2, 0.25) is 0 Å². The molecule has 14 heteroatoms. The molecule has 1 fully saturated rings. The molecule has 0 aliphatic carbocycles. The summed E-state index contributed by atoms with van der Waals surface area (Å²) in [6, 6.07) is 4.20. The minimum atomic E-state index is -4.89. The summed E-state index contributed by atoms with van der Waals surface area (Å²) in [4.78, 5) is 19.0. The molecule has 2 unspecified atom stereocenters. The number of nitrogens with zero attached hydrogens (tertiary/aromatic N) is 5. The molecule has 0 N–H and O–H groups in total. The molecule has 1 amide bonds. The maximum absolute atomic E-state index is 13.5. The minimum Gasteiger partial charge on any atom is -0.406 e. The first-order valence-electron chi connectivity index (χ1n) is 10.7. The van der Waals surface area contributed by atoms with Crippen LogP contribution in [-0.2, 0) is 17.5 Å². The average molecular weight is 513 g/mol. The molecular formula is C22H17F6N5O3. The molecule has 2 atom stereocenters. The number of halogens is 6. The maximum Gasteiger partial charge on any atom is 0.573 e. The number of carbonyl (C=O) groups is 1. The molecule has 0 spiro atoms. The lowest BCUT2D eigenvalue weighted by molar-refractivity contribution is -0.274. The molecule has 2 aliphatic rings. The number of fused-ring (bicyclic) bond motifs is 4. The van der Waals surface area contributed by atoms with Gasteiger partial charge in [-0.25, -0.2) is 0 Å². The summed E-state index contributed by atoms with van der Waals surface area (Å²) < 4.78 is 89.3. The van der Waals surface area contributed by atoms with E-state index in [1.165, 1.54) is 24.0 Å². The third-order valence-electron chi connectivity index (χ3n) is 6.08. The Morgan fingerprint density at radius 2 is 1.89 bits per heavy atom. The Balaban J connectivity index is 1.50. The normalized spacial score (nSPS) is 19.7. The van der Waals surface area contributed by atoms with Crippen LogP contribution in [0.15, 0.2) is 36.5 Å². The maximum atomic E-state index is 13.5. The van der Waals surface area contributed by atoms with Gasteiger partial charge >= 0.3 is 12.5 Å². The molecule has 2 aliphatic heterocycles. The fourth-order valence-electron chi connectivity index (χ4n) is 4.56. The molecule has 1 aromatic carbocycles. The molecule has 3 aromatic rings. The molecule has 0 radical (unpaired) electrons. The predicted molar refractivity (Wildman–Crippen MR) is 110 cm³/mol. The van der Waals surface area contributed by atoms with E-state index < -0.39 is 41.8 Å². The van der Waals surface area contributed by atoms with Crippen LogP contribution in [0.3, 0.4) is 0 Å². The largest absolute Gasteiger partial charge is 0.573 e. The Bertz CT molecular complexity index is 1320. The van der Waals surface area contributed by atoms with E-state index in [1.807, 2.05) is 0 Å². The van der Waals surface area contributed by atoms with Crippen LogP contribution in [0.1, 0.15) is 33.4 Å². The van der Waals surface area contributed by atoms with E-state index in [4.69, 9.17) is 4.74 Å². The number of alkyl halides is 6. The van der Waals surface area contributed by atoms with Crippen LogP contribution in [-0.4, -0.2) is 56.2 Å². The van der Waals surface area contributed by atoms with Gasteiger partial charge in [0, 0.05) is 24.4 Å². The number of carbonyl (C=O) groups excluding carboxylic acids is 1. The van der Waals surface area contributed by atoms with E-state index in [9.17, 15) is 31.1 Å². The van der Waals surface area contributed by atoms with Gasteiger partial charge in [-0.1, -0.05) is 6.07 Å². The van der Waals surface area contributed by atoms with Crippen molar-refractivity contribution in [1.29, 1.82) is 0 Å². The number of rotatable bonds is 3. The van der Waals surface area contributed by atoms with Crippen molar-refractivity contribution < 1.29 is 40.6 Å². The average Bonchev–Trinajstić information content (AvgIpc) is 3.20. The van der Waals surface area contributed by atoms with Crippen molar-refractivity contribution in [2.45, 2.75) is 38.1 Å². The fraction of sp³-hybridized carbons (Fsp3) is 0.364. The lowest BCUT2D eigenvalue weighted by Crippen LogP contribution is -2.56. The monoisotopic (exact) mass is 513 g/mol. The van der Waals surface area contributed by atoms with Crippen molar-refractivity contribution >= 4 is 5.91 Å². The van der Waals surface area contributed by atoms with Gasteiger partial charge in [-0.05, 0) is 30.7 Å². The van der Waals surface area contributed by atoms with Crippen LogP contribution < -0.4 is 4.74 Å². The van der Waals surface area contributed by atoms with Crippen molar-refractivity contribution in [2.24, 2.45) is 0 Å². The van der Waals surface area contributed by atoms with E-state index in [1.54, 1.807) is 4.57 Å². The molecular weight excluding hydrogens is 496 g/mol. The van der Waals surface area contributed by atoms with Crippen LogP contribution in [0, 0.1) is 6.92 Å². The fourth-order valence-corrected chi connectivity index (χ4v) is 4.56. The number of hydrogen-bond acceptors (Lipinski definition) is 6. The highest BCUT2D eigenvalue weighted by atomic mass is 19.4. The van der Waals surface area contributed by atoms with Gasteiger partial charge in [-0.15, -0.1) is 23.4 Å². The molecule has 0 saturated carbocycles. The highest BCUT2D eigenvalue weighted by molar-refractivity contribution is 5.96. The third kappa shape index (κ3) is 4.25. The molecule has 2 aromatic heterocycles. The van der Waals surface area contributed by atoms with Crippen LogP contribution >= 0.6 is 0 Å². The van der Waals surface area contributed by atoms with E-state index in [-0.39, 0.29) is 48.2 Å². The first-order valence-corrected chi connectivity index (χ1v) is 10.7. The summed E-state index contributed by atoms with van der Waals surface area (Å²) in [5.74, 6) is -0.646. The highest BCUT2D eigenvalue weighted by Gasteiger charge is 2.45. The highest BCUT2D eigenvalue weighted by Crippen LogP contribution is 2.38. The standard InChI is InChI=1S/C22H17F6N5O3/c1-11-14(3-2-4-15(11)21(23,24)25)20(34)33-12-8-32-18(30-31-19(32)17(33)10-35-9-12)16-7-13(5-6-29-16)36-22(26,27)28/h2-7,12,17H,8-10H2,1H3. The van der Waals surface area contributed by atoms with Gasteiger partial charge in [-0.2, -0.15) is 13.2 Å². The van der Waals surface area contributed by atoms with Gasteiger partial charge in [0.15, 0.2) is 11.6 Å². The summed E-state index contributed by atoms with van der Waals surface area (Å²) in [7, 11) is 0. The summed E-state index contributed by atoms with van der Waals surface area (Å²) >= 11 is 0. The van der Waals surface area contributed by atoms with Gasteiger partial charge < -0.3 is 18.9 Å². The second-order valence-corrected chi connectivity index (χ2v) is 8.31. The smallest absolute Gasteiger partial charge is 0.406 e. The number of pyridine rings is 1. The molecule has 1 saturated heterocycles. The van der Waals surface area contributed by atoms with Gasteiger partial charge in [0.2, 0.25) is 0 Å². The van der Waals surface area contributed by atoms with Crippen LogP contribution in [0.5, 0.6) is 5.75 Å². The van der Waals surface area contributed by atoms with E-state index >= 15 is 0 Å².